The van der Waals surface area contributed by atoms with E-state index in [0.717, 1.165) is 49.2 Å². The standard InChI is InChI=1S/C20H27N3O2S/c1-14-18(15(2)22-20(25)21-14)10-11-19(24)23-12-4-3-6-16(23)8-9-17-7-5-13-26-17/h5,7,13,16H,3-4,6,8-12H2,1-2H3,(H,21,22,25)/t16-/m0/s1. The van der Waals surface area contributed by atoms with E-state index < -0.39 is 0 Å². The third-order valence-corrected chi connectivity index (χ3v) is 6.23. The van der Waals surface area contributed by atoms with Crippen molar-refractivity contribution < 1.29 is 4.79 Å². The third kappa shape index (κ3) is 4.61. The molecule has 3 heterocycles. The van der Waals surface area contributed by atoms with Crippen LogP contribution in [0.1, 0.15) is 53.9 Å². The minimum Gasteiger partial charge on any atom is -0.340 e. The van der Waals surface area contributed by atoms with Crippen molar-refractivity contribution in [1.29, 1.82) is 0 Å². The van der Waals surface area contributed by atoms with Crippen molar-refractivity contribution >= 4 is 17.2 Å². The normalized spacial score (nSPS) is 17.5. The number of aromatic nitrogens is 2. The molecule has 2 aromatic rings. The van der Waals surface area contributed by atoms with E-state index in [9.17, 15) is 9.59 Å². The number of H-pyrrole nitrogens is 1. The number of hydrogen-bond acceptors (Lipinski definition) is 4. The van der Waals surface area contributed by atoms with Crippen LogP contribution in [-0.2, 0) is 17.6 Å². The van der Waals surface area contributed by atoms with E-state index in [1.807, 2.05) is 13.8 Å². The first-order valence-corrected chi connectivity index (χ1v) is 10.3. The Labute approximate surface area is 158 Å². The van der Waals surface area contributed by atoms with Crippen molar-refractivity contribution in [3.8, 4) is 0 Å². The molecule has 0 unspecified atom stereocenters. The number of carbonyl (C=O) groups excluding carboxylic acids is 1. The van der Waals surface area contributed by atoms with E-state index in [1.165, 1.54) is 11.3 Å². The molecule has 1 aliphatic heterocycles. The molecule has 1 aliphatic rings. The predicted molar refractivity (Wildman–Crippen MR) is 105 cm³/mol. The first-order valence-electron chi connectivity index (χ1n) is 9.43. The second kappa shape index (κ2) is 8.62. The lowest BCUT2D eigenvalue weighted by Crippen LogP contribution is -2.44. The minimum absolute atomic E-state index is 0.228. The van der Waals surface area contributed by atoms with Crippen molar-refractivity contribution in [1.82, 2.24) is 14.9 Å². The number of hydrogen-bond donors (Lipinski definition) is 1. The van der Waals surface area contributed by atoms with Crippen LogP contribution in [0, 0.1) is 13.8 Å². The Morgan fingerprint density at radius 3 is 2.92 bits per heavy atom. The largest absolute Gasteiger partial charge is 0.345 e. The summed E-state index contributed by atoms with van der Waals surface area (Å²) in [5.74, 6) is 0.228. The van der Waals surface area contributed by atoms with E-state index in [-0.39, 0.29) is 11.6 Å². The molecule has 0 aromatic carbocycles. The second-order valence-corrected chi connectivity index (χ2v) is 8.12. The van der Waals surface area contributed by atoms with E-state index in [4.69, 9.17) is 0 Å². The first kappa shape index (κ1) is 18.8. The van der Waals surface area contributed by atoms with Crippen LogP contribution >= 0.6 is 11.3 Å². The Balaban J connectivity index is 1.60. The molecule has 26 heavy (non-hydrogen) atoms. The highest BCUT2D eigenvalue weighted by Gasteiger charge is 2.26. The molecule has 0 radical (unpaired) electrons. The van der Waals surface area contributed by atoms with Gasteiger partial charge in [0.05, 0.1) is 0 Å². The number of amides is 1. The number of carbonyl (C=O) groups is 1. The van der Waals surface area contributed by atoms with E-state index in [1.54, 1.807) is 11.3 Å². The van der Waals surface area contributed by atoms with Gasteiger partial charge in [0, 0.05) is 35.3 Å². The monoisotopic (exact) mass is 373 g/mol. The van der Waals surface area contributed by atoms with Gasteiger partial charge in [0.2, 0.25) is 5.91 Å². The molecule has 0 saturated carbocycles. The third-order valence-electron chi connectivity index (χ3n) is 5.29. The van der Waals surface area contributed by atoms with E-state index in [2.05, 4.69) is 32.4 Å². The maximum Gasteiger partial charge on any atom is 0.345 e. The van der Waals surface area contributed by atoms with Crippen LogP contribution in [0.2, 0.25) is 0 Å². The fourth-order valence-electron chi connectivity index (χ4n) is 3.89. The molecule has 6 heteroatoms. The fraction of sp³-hybridized carbons (Fsp3) is 0.550. The summed E-state index contributed by atoms with van der Waals surface area (Å²) in [6.45, 7) is 4.59. The number of rotatable bonds is 6. The highest BCUT2D eigenvalue weighted by Crippen LogP contribution is 2.24. The average Bonchev–Trinajstić information content (AvgIpc) is 3.12. The van der Waals surface area contributed by atoms with Gasteiger partial charge in [0.15, 0.2) is 0 Å². The number of nitrogens with zero attached hydrogens (tertiary/aromatic N) is 2. The van der Waals surface area contributed by atoms with Gasteiger partial charge in [-0.15, -0.1) is 11.3 Å². The van der Waals surface area contributed by atoms with Gasteiger partial charge in [-0.25, -0.2) is 4.79 Å². The summed E-state index contributed by atoms with van der Waals surface area (Å²) in [5.41, 5.74) is 2.22. The van der Waals surface area contributed by atoms with Crippen LogP contribution in [0.3, 0.4) is 0 Å². The van der Waals surface area contributed by atoms with Crippen molar-refractivity contribution in [3.63, 3.8) is 0 Å². The van der Waals surface area contributed by atoms with Crippen molar-refractivity contribution in [3.05, 3.63) is 49.8 Å². The molecular weight excluding hydrogens is 346 g/mol. The van der Waals surface area contributed by atoms with Gasteiger partial charge in [0.1, 0.15) is 0 Å². The summed E-state index contributed by atoms with van der Waals surface area (Å²) in [6, 6.07) is 4.62. The number of aryl methyl sites for hydroxylation is 3. The Morgan fingerprint density at radius 2 is 2.19 bits per heavy atom. The summed E-state index contributed by atoms with van der Waals surface area (Å²) in [5, 5.41) is 2.11. The second-order valence-electron chi connectivity index (χ2n) is 7.09. The van der Waals surface area contributed by atoms with Gasteiger partial charge >= 0.3 is 5.69 Å². The first-order chi connectivity index (χ1) is 12.5. The van der Waals surface area contributed by atoms with Crippen LogP contribution in [0.4, 0.5) is 0 Å². The van der Waals surface area contributed by atoms with Gasteiger partial charge < -0.3 is 9.88 Å². The molecule has 1 atom stereocenters. The van der Waals surface area contributed by atoms with Crippen LogP contribution in [0.25, 0.3) is 0 Å². The Morgan fingerprint density at radius 1 is 1.35 bits per heavy atom. The molecule has 3 rings (SSSR count). The van der Waals surface area contributed by atoms with Gasteiger partial charge in [-0.05, 0) is 69.4 Å². The molecular formula is C20H27N3O2S. The van der Waals surface area contributed by atoms with Crippen molar-refractivity contribution in [2.24, 2.45) is 0 Å². The lowest BCUT2D eigenvalue weighted by atomic mass is 9.96. The molecule has 2 aromatic heterocycles. The molecule has 0 bridgehead atoms. The Hall–Kier alpha value is -1.95. The van der Waals surface area contributed by atoms with Gasteiger partial charge in [0.25, 0.3) is 0 Å². The highest BCUT2D eigenvalue weighted by atomic mass is 32.1. The molecule has 1 saturated heterocycles. The number of thiophene rings is 1. The summed E-state index contributed by atoms with van der Waals surface area (Å²) in [4.78, 5) is 34.5. The SMILES string of the molecule is Cc1nc(=O)[nH]c(C)c1CCC(=O)N1CCCC[C@H]1CCc1cccs1. The molecule has 140 valence electrons. The Kier molecular flexibility index (Phi) is 6.25. The lowest BCUT2D eigenvalue weighted by Gasteiger charge is -2.36. The topological polar surface area (TPSA) is 66.1 Å². The zero-order valence-electron chi connectivity index (χ0n) is 15.6. The lowest BCUT2D eigenvalue weighted by molar-refractivity contribution is -0.135. The van der Waals surface area contributed by atoms with Gasteiger partial charge in [-0.2, -0.15) is 4.98 Å². The molecule has 1 N–H and O–H groups in total. The van der Waals surface area contributed by atoms with Crippen LogP contribution in [0.15, 0.2) is 22.3 Å². The molecule has 0 aliphatic carbocycles. The molecule has 1 amide bonds. The van der Waals surface area contributed by atoms with Crippen LogP contribution in [0.5, 0.6) is 0 Å². The predicted octanol–water partition coefficient (Wildman–Crippen LogP) is 3.39. The number of piperidine rings is 1. The quantitative estimate of drug-likeness (QED) is 0.844. The van der Waals surface area contributed by atoms with Crippen LogP contribution < -0.4 is 5.69 Å². The summed E-state index contributed by atoms with van der Waals surface area (Å²) < 4.78 is 0. The van der Waals surface area contributed by atoms with E-state index in [0.29, 0.717) is 18.9 Å². The summed E-state index contributed by atoms with van der Waals surface area (Å²) in [7, 11) is 0. The smallest absolute Gasteiger partial charge is 0.340 e. The van der Waals surface area contributed by atoms with Gasteiger partial charge in [-0.3, -0.25) is 4.79 Å². The summed E-state index contributed by atoms with van der Waals surface area (Å²) >= 11 is 1.79. The number of aromatic amines is 1. The zero-order chi connectivity index (χ0) is 18.5. The zero-order valence-corrected chi connectivity index (χ0v) is 16.4. The fourth-order valence-corrected chi connectivity index (χ4v) is 4.62. The van der Waals surface area contributed by atoms with E-state index >= 15 is 0 Å². The molecule has 0 spiro atoms. The highest BCUT2D eigenvalue weighted by molar-refractivity contribution is 7.09. The molecule has 1 fully saturated rings. The van der Waals surface area contributed by atoms with Crippen molar-refractivity contribution in [2.45, 2.75) is 64.8 Å². The Bertz CT molecular complexity index is 772. The number of nitrogens with one attached hydrogen (secondary N) is 1. The maximum atomic E-state index is 12.9. The average molecular weight is 374 g/mol. The van der Waals surface area contributed by atoms with Gasteiger partial charge in [-0.1, -0.05) is 6.07 Å². The maximum absolute atomic E-state index is 12.9. The molecule has 5 nitrogen and oxygen atoms in total. The van der Waals surface area contributed by atoms with Crippen LogP contribution in [-0.4, -0.2) is 33.4 Å². The number of likely N-dealkylation sites (tertiary alicyclic amines) is 1. The van der Waals surface area contributed by atoms with Crippen molar-refractivity contribution in [2.75, 3.05) is 6.54 Å². The summed E-state index contributed by atoms with van der Waals surface area (Å²) in [6.07, 6.45) is 6.62. The minimum atomic E-state index is -0.320.